The van der Waals surface area contributed by atoms with Gasteiger partial charge in [-0.2, -0.15) is 0 Å². The molecule has 2 heterocycles. The number of ether oxygens (including phenoxy) is 1. The summed E-state index contributed by atoms with van der Waals surface area (Å²) in [6.45, 7) is 1.03. The van der Waals surface area contributed by atoms with Gasteiger partial charge in [0.1, 0.15) is 12.4 Å². The summed E-state index contributed by atoms with van der Waals surface area (Å²) in [5, 5.41) is 8.57. The maximum atomic E-state index is 11.4. The van der Waals surface area contributed by atoms with Crippen LogP contribution in [-0.4, -0.2) is 47.8 Å². The number of nitrogens with two attached hydrogens (primary N) is 1. The number of carbonyl (C=O) groups is 2. The first-order chi connectivity index (χ1) is 9.58. The topological polar surface area (TPSA) is 106 Å². The van der Waals surface area contributed by atoms with Crippen LogP contribution in [0.5, 0.6) is 0 Å². The van der Waals surface area contributed by atoms with E-state index in [0.717, 1.165) is 0 Å². The lowest BCUT2D eigenvalue weighted by atomic mass is 10.1. The summed E-state index contributed by atoms with van der Waals surface area (Å²) in [6.07, 6.45) is 2.95. The number of carboxylic acids is 1. The fraction of sp³-hybridized carbons (Fsp3) is 0.462. The van der Waals surface area contributed by atoms with Crippen molar-refractivity contribution >= 4 is 17.7 Å². The Bertz CT molecular complexity index is 498. The zero-order valence-corrected chi connectivity index (χ0v) is 11.0. The number of aromatic nitrogens is 1. The number of piperidine rings is 1. The monoisotopic (exact) mass is 279 g/mol. The second-order valence-electron chi connectivity index (χ2n) is 4.63. The molecule has 0 atom stereocenters. The Balaban J connectivity index is 1.97. The van der Waals surface area contributed by atoms with Crippen molar-refractivity contribution in [2.45, 2.75) is 18.9 Å². The van der Waals surface area contributed by atoms with Gasteiger partial charge >= 0.3 is 5.97 Å². The zero-order valence-electron chi connectivity index (χ0n) is 11.0. The summed E-state index contributed by atoms with van der Waals surface area (Å²) in [4.78, 5) is 28.0. The summed E-state index contributed by atoms with van der Waals surface area (Å²) in [7, 11) is 0. The Labute approximate surface area is 116 Å². The lowest BCUT2D eigenvalue weighted by Gasteiger charge is -2.33. The van der Waals surface area contributed by atoms with Crippen LogP contribution in [0.3, 0.4) is 0 Å². The summed E-state index contributed by atoms with van der Waals surface area (Å²) >= 11 is 0. The molecular weight excluding hydrogens is 262 g/mol. The Kier molecular flexibility index (Phi) is 4.52. The molecule has 1 aromatic rings. The van der Waals surface area contributed by atoms with Gasteiger partial charge in [0, 0.05) is 19.3 Å². The molecule has 0 radical (unpaired) electrons. The number of carboxylic acid groups (broad SMARTS) is 1. The third-order valence-corrected chi connectivity index (χ3v) is 3.24. The molecule has 0 saturated carbocycles. The zero-order chi connectivity index (χ0) is 14.5. The van der Waals surface area contributed by atoms with Crippen molar-refractivity contribution in [3.63, 3.8) is 0 Å². The van der Waals surface area contributed by atoms with Gasteiger partial charge in [0.25, 0.3) is 5.91 Å². The molecule has 0 bridgehead atoms. The summed E-state index contributed by atoms with van der Waals surface area (Å²) in [5.41, 5.74) is 5.73. The second-order valence-corrected chi connectivity index (χ2v) is 4.63. The molecule has 0 aromatic carbocycles. The Morgan fingerprint density at radius 1 is 1.45 bits per heavy atom. The molecule has 1 amide bonds. The molecule has 108 valence electrons. The highest BCUT2D eigenvalue weighted by Crippen LogP contribution is 2.22. The highest BCUT2D eigenvalue weighted by atomic mass is 16.5. The van der Waals surface area contributed by atoms with Crippen LogP contribution in [0.4, 0.5) is 5.82 Å². The van der Waals surface area contributed by atoms with Crippen molar-refractivity contribution in [2.75, 3.05) is 24.6 Å². The smallest absolute Gasteiger partial charge is 0.329 e. The maximum Gasteiger partial charge on any atom is 0.329 e. The quantitative estimate of drug-likeness (QED) is 0.800. The predicted octanol–water partition coefficient (Wildman–Crippen LogP) is 0.250. The average molecular weight is 279 g/mol. The van der Waals surface area contributed by atoms with E-state index in [9.17, 15) is 9.59 Å². The molecule has 20 heavy (non-hydrogen) atoms. The third kappa shape index (κ3) is 3.45. The molecule has 1 aliphatic rings. The number of nitrogens with zero attached hydrogens (tertiary/aromatic N) is 2. The first kappa shape index (κ1) is 14.3. The van der Waals surface area contributed by atoms with E-state index in [1.165, 1.54) is 0 Å². The number of anilines is 1. The predicted molar refractivity (Wildman–Crippen MR) is 71.6 cm³/mol. The largest absolute Gasteiger partial charge is 0.480 e. The van der Waals surface area contributed by atoms with Crippen LogP contribution in [0.2, 0.25) is 0 Å². The van der Waals surface area contributed by atoms with Gasteiger partial charge in [0.15, 0.2) is 0 Å². The van der Waals surface area contributed by atoms with Crippen molar-refractivity contribution < 1.29 is 19.4 Å². The van der Waals surface area contributed by atoms with E-state index >= 15 is 0 Å². The standard InChI is InChI=1S/C13H17N3O4/c14-12(19)10-2-1-5-15-13(10)16-6-3-9(4-7-16)20-8-11(17)18/h1-2,5,9H,3-4,6-8H2,(H2,14,19)(H,17,18). The minimum Gasteiger partial charge on any atom is -0.480 e. The van der Waals surface area contributed by atoms with Crippen LogP contribution in [0.15, 0.2) is 18.3 Å². The summed E-state index contributed by atoms with van der Waals surface area (Å²) in [6, 6.07) is 3.32. The number of pyridine rings is 1. The fourth-order valence-corrected chi connectivity index (χ4v) is 2.26. The number of carbonyl (C=O) groups excluding carboxylic acids is 1. The number of primary amides is 1. The number of aliphatic carboxylic acids is 1. The van der Waals surface area contributed by atoms with Gasteiger partial charge in [-0.25, -0.2) is 9.78 Å². The highest BCUT2D eigenvalue weighted by molar-refractivity contribution is 5.97. The van der Waals surface area contributed by atoms with Crippen molar-refractivity contribution in [1.29, 1.82) is 0 Å². The van der Waals surface area contributed by atoms with Crippen LogP contribution in [0, 0.1) is 0 Å². The van der Waals surface area contributed by atoms with Crippen molar-refractivity contribution in [2.24, 2.45) is 5.73 Å². The minimum absolute atomic E-state index is 0.0666. The van der Waals surface area contributed by atoms with Gasteiger partial charge in [-0.1, -0.05) is 0 Å². The Hall–Kier alpha value is -2.15. The van der Waals surface area contributed by atoms with E-state index in [1.807, 2.05) is 4.90 Å². The maximum absolute atomic E-state index is 11.4. The first-order valence-corrected chi connectivity index (χ1v) is 6.41. The summed E-state index contributed by atoms with van der Waals surface area (Å²) < 4.78 is 5.27. The van der Waals surface area contributed by atoms with E-state index in [4.69, 9.17) is 15.6 Å². The molecule has 0 spiro atoms. The normalized spacial score (nSPS) is 16.1. The number of amides is 1. The van der Waals surface area contributed by atoms with Crippen LogP contribution in [0.25, 0.3) is 0 Å². The molecule has 7 heteroatoms. The average Bonchev–Trinajstić information content (AvgIpc) is 2.45. The third-order valence-electron chi connectivity index (χ3n) is 3.24. The SMILES string of the molecule is NC(=O)c1cccnc1N1CCC(OCC(=O)O)CC1. The molecule has 1 aromatic heterocycles. The van der Waals surface area contributed by atoms with Gasteiger partial charge in [0.2, 0.25) is 0 Å². The van der Waals surface area contributed by atoms with Crippen LogP contribution in [0.1, 0.15) is 23.2 Å². The van der Waals surface area contributed by atoms with E-state index in [0.29, 0.717) is 37.3 Å². The van der Waals surface area contributed by atoms with Crippen molar-refractivity contribution in [1.82, 2.24) is 4.98 Å². The lowest BCUT2D eigenvalue weighted by Crippen LogP contribution is -2.39. The second kappa shape index (κ2) is 6.33. The Morgan fingerprint density at radius 2 is 2.15 bits per heavy atom. The molecular formula is C13H17N3O4. The van der Waals surface area contributed by atoms with Gasteiger partial charge in [0.05, 0.1) is 11.7 Å². The van der Waals surface area contributed by atoms with E-state index in [1.54, 1.807) is 18.3 Å². The van der Waals surface area contributed by atoms with E-state index < -0.39 is 11.9 Å². The van der Waals surface area contributed by atoms with E-state index in [-0.39, 0.29) is 12.7 Å². The first-order valence-electron chi connectivity index (χ1n) is 6.41. The van der Waals surface area contributed by atoms with Crippen LogP contribution < -0.4 is 10.6 Å². The van der Waals surface area contributed by atoms with Gasteiger partial charge < -0.3 is 20.5 Å². The minimum atomic E-state index is -0.965. The van der Waals surface area contributed by atoms with Crippen molar-refractivity contribution in [3.8, 4) is 0 Å². The number of hydrogen-bond donors (Lipinski definition) is 2. The highest BCUT2D eigenvalue weighted by Gasteiger charge is 2.23. The van der Waals surface area contributed by atoms with Gasteiger partial charge in [-0.05, 0) is 25.0 Å². The van der Waals surface area contributed by atoms with Gasteiger partial charge in [-0.3, -0.25) is 4.79 Å². The molecule has 3 N–H and O–H groups in total. The molecule has 1 aliphatic heterocycles. The molecule has 0 aliphatic carbocycles. The molecule has 0 unspecified atom stereocenters. The number of hydrogen-bond acceptors (Lipinski definition) is 5. The number of rotatable bonds is 5. The molecule has 2 rings (SSSR count). The molecule has 7 nitrogen and oxygen atoms in total. The fourth-order valence-electron chi connectivity index (χ4n) is 2.26. The van der Waals surface area contributed by atoms with Crippen LogP contribution in [-0.2, 0) is 9.53 Å². The van der Waals surface area contributed by atoms with E-state index in [2.05, 4.69) is 4.98 Å². The Morgan fingerprint density at radius 3 is 2.75 bits per heavy atom. The van der Waals surface area contributed by atoms with Crippen molar-refractivity contribution in [3.05, 3.63) is 23.9 Å². The molecule has 1 fully saturated rings. The summed E-state index contributed by atoms with van der Waals surface area (Å²) in [5.74, 6) is -0.887. The van der Waals surface area contributed by atoms with Gasteiger partial charge in [-0.15, -0.1) is 0 Å². The molecule has 1 saturated heterocycles. The van der Waals surface area contributed by atoms with Crippen LogP contribution >= 0.6 is 0 Å². The lowest BCUT2D eigenvalue weighted by molar-refractivity contribution is -0.144.